The molecule has 1 aliphatic heterocycles. The summed E-state index contributed by atoms with van der Waals surface area (Å²) in [5.74, 6) is 0.801. The molecule has 13 atom stereocenters. The molecule has 7 nitrogen and oxygen atoms in total. The van der Waals surface area contributed by atoms with Gasteiger partial charge in [0.1, 0.15) is 24.1 Å². The summed E-state index contributed by atoms with van der Waals surface area (Å²) in [4.78, 5) is 14.5. The van der Waals surface area contributed by atoms with E-state index in [9.17, 15) is 25.2 Å². The van der Waals surface area contributed by atoms with Crippen LogP contribution in [0.5, 0.6) is 0 Å². The van der Waals surface area contributed by atoms with E-state index in [1.807, 2.05) is 0 Å². The number of aliphatic hydroxyl groups excluding tert-OH is 4. The molecule has 1 heterocycles. The van der Waals surface area contributed by atoms with E-state index >= 15 is 0 Å². The number of ether oxygens (including phenoxy) is 2. The third kappa shape index (κ3) is 4.79. The van der Waals surface area contributed by atoms with E-state index in [4.69, 9.17) is 9.47 Å². The molecule has 5 aliphatic rings. The number of hydrogen-bond acceptors (Lipinski definition) is 7. The van der Waals surface area contributed by atoms with Crippen LogP contribution in [0.4, 0.5) is 0 Å². The van der Waals surface area contributed by atoms with Crippen LogP contribution in [0, 0.1) is 45.3 Å². The highest BCUT2D eigenvalue weighted by molar-refractivity contribution is 5.84. The average Bonchev–Trinajstić information content (AvgIpc) is 3.29. The van der Waals surface area contributed by atoms with E-state index in [0.29, 0.717) is 24.5 Å². The Morgan fingerprint density at radius 2 is 1.62 bits per heavy atom. The van der Waals surface area contributed by atoms with Crippen LogP contribution in [0.1, 0.15) is 113 Å². The first-order valence-corrected chi connectivity index (χ1v) is 16.6. The fourth-order valence-electron chi connectivity index (χ4n) is 11.2. The molecule has 0 amide bonds. The molecule has 0 bridgehead atoms. The second kappa shape index (κ2) is 10.9. The van der Waals surface area contributed by atoms with Crippen molar-refractivity contribution in [1.82, 2.24) is 0 Å². The molecule has 4 saturated carbocycles. The third-order valence-electron chi connectivity index (χ3n) is 14.0. The van der Waals surface area contributed by atoms with Crippen LogP contribution in [-0.4, -0.2) is 69.1 Å². The topological polar surface area (TPSA) is 116 Å². The zero-order valence-electron chi connectivity index (χ0n) is 27.4. The summed E-state index contributed by atoms with van der Waals surface area (Å²) in [5, 5.41) is 42.2. The third-order valence-corrected chi connectivity index (χ3v) is 14.0. The number of fused-ring (bicyclic) bond motifs is 5. The number of carbonyl (C=O) groups excluding carboxylic acids is 1. The van der Waals surface area contributed by atoms with Gasteiger partial charge < -0.3 is 29.9 Å². The van der Waals surface area contributed by atoms with Gasteiger partial charge in [-0.05, 0) is 112 Å². The number of carbonyl (C=O) groups is 1. The van der Waals surface area contributed by atoms with Gasteiger partial charge in [-0.3, -0.25) is 4.79 Å². The van der Waals surface area contributed by atoms with Crippen molar-refractivity contribution >= 4 is 5.78 Å². The molecule has 0 radical (unpaired) electrons. The molecule has 240 valence electrons. The van der Waals surface area contributed by atoms with Crippen molar-refractivity contribution in [2.24, 2.45) is 45.3 Å². The van der Waals surface area contributed by atoms with Crippen molar-refractivity contribution in [2.75, 3.05) is 6.61 Å². The number of hydrogen-bond donors (Lipinski definition) is 4. The monoisotopic (exact) mass is 590 g/mol. The molecule has 0 aromatic rings. The Hall–Kier alpha value is -0.830. The summed E-state index contributed by atoms with van der Waals surface area (Å²) in [6, 6.07) is 0. The van der Waals surface area contributed by atoms with E-state index in [-0.39, 0.29) is 52.1 Å². The number of aliphatic hydroxyl groups is 4. The Bertz CT molecular complexity index is 1070. The van der Waals surface area contributed by atoms with Gasteiger partial charge in [-0.2, -0.15) is 0 Å². The Morgan fingerprint density at radius 3 is 2.29 bits per heavy atom. The van der Waals surface area contributed by atoms with E-state index < -0.39 is 30.2 Å². The van der Waals surface area contributed by atoms with Crippen molar-refractivity contribution in [3.05, 3.63) is 11.6 Å². The van der Waals surface area contributed by atoms with Gasteiger partial charge in [-0.25, -0.2) is 0 Å². The number of Topliss-reactive ketones (excluding diaryl/α,β-unsaturated/α-hetero) is 1. The van der Waals surface area contributed by atoms with Crippen LogP contribution >= 0.6 is 0 Å². The van der Waals surface area contributed by atoms with Crippen LogP contribution in [-0.2, 0) is 14.3 Å². The predicted molar refractivity (Wildman–Crippen MR) is 161 cm³/mol. The second-order valence-electron chi connectivity index (χ2n) is 16.7. The Balaban J connectivity index is 1.48. The fraction of sp³-hybridized carbons (Fsp3) is 0.914. The van der Waals surface area contributed by atoms with Gasteiger partial charge in [-0.1, -0.05) is 46.3 Å². The van der Waals surface area contributed by atoms with E-state index in [2.05, 4.69) is 61.5 Å². The Morgan fingerprint density at radius 1 is 0.952 bits per heavy atom. The summed E-state index contributed by atoms with van der Waals surface area (Å²) in [6.07, 6.45) is 4.67. The van der Waals surface area contributed by atoms with E-state index in [0.717, 1.165) is 44.9 Å². The maximum atomic E-state index is 14.5. The van der Waals surface area contributed by atoms with Crippen molar-refractivity contribution < 1.29 is 34.7 Å². The summed E-state index contributed by atoms with van der Waals surface area (Å²) in [5.41, 5.74) is 0.108. The average molecular weight is 591 g/mol. The van der Waals surface area contributed by atoms with Gasteiger partial charge in [0, 0.05) is 12.3 Å². The van der Waals surface area contributed by atoms with Crippen molar-refractivity contribution in [2.45, 2.75) is 149 Å². The first-order chi connectivity index (χ1) is 19.4. The maximum absolute atomic E-state index is 14.5. The minimum absolute atomic E-state index is 0.00801. The highest BCUT2D eigenvalue weighted by Crippen LogP contribution is 2.75. The molecule has 5 rings (SSSR count). The summed E-state index contributed by atoms with van der Waals surface area (Å²) < 4.78 is 12.4. The largest absolute Gasteiger partial charge is 0.393 e. The maximum Gasteiger partial charge on any atom is 0.186 e. The first kappa shape index (κ1) is 32.6. The highest BCUT2D eigenvalue weighted by Gasteiger charge is 2.71. The minimum atomic E-state index is -1.37. The van der Waals surface area contributed by atoms with Crippen LogP contribution in [0.25, 0.3) is 0 Å². The zero-order chi connectivity index (χ0) is 31.0. The predicted octanol–water partition coefficient (Wildman–Crippen LogP) is 5.17. The van der Waals surface area contributed by atoms with Crippen molar-refractivity contribution in [1.29, 1.82) is 0 Å². The molecular formula is C35H58O7. The lowest BCUT2D eigenvalue weighted by Gasteiger charge is -2.69. The van der Waals surface area contributed by atoms with E-state index in [1.54, 1.807) is 0 Å². The standard InChI is InChI=1S/C35H58O7/c1-20(2)10-9-14-35(8,42-30-29(40)28(39)23(37)19-41-30)21-11-16-34(7)27(21)22(36)18-25-32(5)15-13-26(38)31(3,4)24(32)12-17-33(25,34)6/h10,21,23-30,37-40H,9,11-19H2,1-8H3/t21?,23-,24?,25?,26+,27?,28?,29?,30+,32+,33-,34-,35?/m1/s1. The van der Waals surface area contributed by atoms with Gasteiger partial charge in [-0.15, -0.1) is 0 Å². The summed E-state index contributed by atoms with van der Waals surface area (Å²) in [6.45, 7) is 17.8. The highest BCUT2D eigenvalue weighted by atomic mass is 16.7. The zero-order valence-corrected chi connectivity index (χ0v) is 27.4. The normalized spacial score (nSPS) is 49.8. The molecule has 7 unspecified atom stereocenters. The fourth-order valence-corrected chi connectivity index (χ4v) is 11.2. The lowest BCUT2D eigenvalue weighted by atomic mass is 9.35. The molecule has 4 aliphatic carbocycles. The van der Waals surface area contributed by atoms with Crippen molar-refractivity contribution in [3.8, 4) is 0 Å². The molecule has 4 N–H and O–H groups in total. The first-order valence-electron chi connectivity index (χ1n) is 16.6. The number of ketones is 1. The van der Waals surface area contributed by atoms with Gasteiger partial charge in [0.05, 0.1) is 18.3 Å². The second-order valence-corrected chi connectivity index (χ2v) is 16.7. The van der Waals surface area contributed by atoms with Gasteiger partial charge in [0.25, 0.3) is 0 Å². The van der Waals surface area contributed by atoms with E-state index in [1.165, 1.54) is 5.57 Å². The summed E-state index contributed by atoms with van der Waals surface area (Å²) >= 11 is 0. The number of rotatable bonds is 6. The molecule has 5 fully saturated rings. The Labute approximate surface area is 253 Å². The molecule has 0 aromatic heterocycles. The van der Waals surface area contributed by atoms with Crippen LogP contribution in [0.2, 0.25) is 0 Å². The van der Waals surface area contributed by atoms with Crippen LogP contribution in [0.3, 0.4) is 0 Å². The van der Waals surface area contributed by atoms with Crippen LogP contribution in [0.15, 0.2) is 11.6 Å². The molecule has 0 spiro atoms. The molecule has 0 aromatic carbocycles. The lowest BCUT2D eigenvalue weighted by molar-refractivity contribution is -0.310. The smallest absolute Gasteiger partial charge is 0.186 e. The van der Waals surface area contributed by atoms with Gasteiger partial charge in [0.2, 0.25) is 0 Å². The molecule has 7 heteroatoms. The van der Waals surface area contributed by atoms with Gasteiger partial charge >= 0.3 is 0 Å². The van der Waals surface area contributed by atoms with Crippen molar-refractivity contribution in [3.63, 3.8) is 0 Å². The van der Waals surface area contributed by atoms with Crippen LogP contribution < -0.4 is 0 Å². The summed E-state index contributed by atoms with van der Waals surface area (Å²) in [7, 11) is 0. The quantitative estimate of drug-likeness (QED) is 0.315. The SMILES string of the molecule is CC(C)=CCCC(C)(O[C@@H]1OC[C@@H](O)C(O)C1O)C1CC[C@]2(C)C1C(=O)CC1[C@@]3(C)CC[C@H](O)C(C)(C)C3CC[C@]12C. The van der Waals surface area contributed by atoms with Gasteiger partial charge in [0.15, 0.2) is 6.29 Å². The lowest BCUT2D eigenvalue weighted by Crippen LogP contribution is -2.66. The Kier molecular flexibility index (Phi) is 8.46. The minimum Gasteiger partial charge on any atom is -0.393 e. The molecule has 1 saturated heterocycles. The number of allylic oxidation sites excluding steroid dienone is 2. The molecular weight excluding hydrogens is 532 g/mol. The molecule has 42 heavy (non-hydrogen) atoms.